The summed E-state index contributed by atoms with van der Waals surface area (Å²) in [6.45, 7) is 5.98. The van der Waals surface area contributed by atoms with E-state index in [9.17, 15) is 4.79 Å². The van der Waals surface area contributed by atoms with E-state index in [4.69, 9.17) is 9.84 Å². The van der Waals surface area contributed by atoms with Crippen LogP contribution in [0.5, 0.6) is 5.75 Å². The fraction of sp³-hybridized carbons (Fsp3) is 0.308. The van der Waals surface area contributed by atoms with E-state index >= 15 is 0 Å². The van der Waals surface area contributed by atoms with Crippen LogP contribution in [0.1, 0.15) is 18.1 Å². The van der Waals surface area contributed by atoms with Gasteiger partial charge in [-0.1, -0.05) is 18.2 Å². The monoisotopic (exact) mass is 220 g/mol. The van der Waals surface area contributed by atoms with Crippen molar-refractivity contribution in [2.45, 2.75) is 20.8 Å². The first-order valence-electron chi connectivity index (χ1n) is 5.10. The molecule has 1 aromatic carbocycles. The maximum absolute atomic E-state index is 10.4. The number of ether oxygens (including phenoxy) is 1. The molecule has 0 aromatic heterocycles. The van der Waals surface area contributed by atoms with E-state index in [1.54, 1.807) is 6.92 Å². The highest BCUT2D eigenvalue weighted by Gasteiger charge is 2.03. The minimum absolute atomic E-state index is 0.304. The van der Waals surface area contributed by atoms with Crippen molar-refractivity contribution >= 4 is 5.97 Å². The van der Waals surface area contributed by atoms with Crippen LogP contribution in [0.3, 0.4) is 0 Å². The molecule has 0 fully saturated rings. The summed E-state index contributed by atoms with van der Waals surface area (Å²) < 4.78 is 5.60. The van der Waals surface area contributed by atoms with Gasteiger partial charge in [-0.2, -0.15) is 0 Å². The number of carboxylic acids is 1. The molecular formula is C13H16O3. The highest BCUT2D eigenvalue weighted by atomic mass is 16.5. The van der Waals surface area contributed by atoms with E-state index in [1.165, 1.54) is 0 Å². The van der Waals surface area contributed by atoms with Crippen LogP contribution >= 0.6 is 0 Å². The number of carbonyl (C=O) groups is 1. The first-order valence-corrected chi connectivity index (χ1v) is 5.10. The average molecular weight is 220 g/mol. The van der Waals surface area contributed by atoms with Gasteiger partial charge in [-0.25, -0.2) is 4.79 Å². The highest BCUT2D eigenvalue weighted by molar-refractivity contribution is 5.80. The molecule has 0 atom stereocenters. The molecule has 0 amide bonds. The lowest BCUT2D eigenvalue weighted by Crippen LogP contribution is -2.03. The zero-order valence-corrected chi connectivity index (χ0v) is 9.78. The van der Waals surface area contributed by atoms with Crippen LogP contribution in [0.4, 0.5) is 0 Å². The summed E-state index contributed by atoms with van der Waals surface area (Å²) >= 11 is 0. The van der Waals surface area contributed by atoms with E-state index < -0.39 is 5.97 Å². The Bertz CT molecular complexity index is 399. The molecule has 86 valence electrons. The third kappa shape index (κ3) is 3.42. The van der Waals surface area contributed by atoms with Crippen molar-refractivity contribution in [2.24, 2.45) is 0 Å². The Hall–Kier alpha value is -1.77. The van der Waals surface area contributed by atoms with Crippen molar-refractivity contribution in [1.82, 2.24) is 0 Å². The smallest absolute Gasteiger partial charge is 0.328 e. The minimum atomic E-state index is -0.942. The van der Waals surface area contributed by atoms with Gasteiger partial charge in [0.2, 0.25) is 0 Å². The summed E-state index contributed by atoms with van der Waals surface area (Å²) in [7, 11) is 0. The number of para-hydroxylation sites is 1. The molecule has 0 aliphatic rings. The first-order chi connectivity index (χ1) is 7.50. The number of hydrogen-bond acceptors (Lipinski definition) is 2. The van der Waals surface area contributed by atoms with Gasteiger partial charge in [0.05, 0.1) is 0 Å². The van der Waals surface area contributed by atoms with E-state index in [2.05, 4.69) is 0 Å². The van der Waals surface area contributed by atoms with Crippen LogP contribution in [0.15, 0.2) is 29.8 Å². The number of benzene rings is 1. The Kier molecular flexibility index (Phi) is 4.11. The predicted molar refractivity (Wildman–Crippen MR) is 62.8 cm³/mol. The van der Waals surface area contributed by atoms with Gasteiger partial charge < -0.3 is 9.84 Å². The van der Waals surface area contributed by atoms with Gasteiger partial charge in [-0.3, -0.25) is 0 Å². The lowest BCUT2D eigenvalue weighted by atomic mass is 10.1. The molecule has 0 saturated heterocycles. The zero-order chi connectivity index (χ0) is 12.1. The third-order valence-electron chi connectivity index (χ3n) is 2.22. The second kappa shape index (κ2) is 5.35. The van der Waals surface area contributed by atoms with Gasteiger partial charge in [-0.05, 0) is 37.5 Å². The second-order valence-corrected chi connectivity index (χ2v) is 3.84. The SMILES string of the molecule is C/C(=C\C(=O)O)COc1c(C)cccc1C. The molecule has 0 radical (unpaired) electrons. The molecule has 0 bridgehead atoms. The van der Waals surface area contributed by atoms with E-state index in [1.807, 2.05) is 32.0 Å². The lowest BCUT2D eigenvalue weighted by molar-refractivity contribution is -0.131. The van der Waals surface area contributed by atoms with Crippen molar-refractivity contribution < 1.29 is 14.6 Å². The number of carboxylic acid groups (broad SMARTS) is 1. The van der Waals surface area contributed by atoms with Crippen LogP contribution in [-0.2, 0) is 4.79 Å². The number of hydrogen-bond donors (Lipinski definition) is 1. The molecule has 0 saturated carbocycles. The van der Waals surface area contributed by atoms with Crippen molar-refractivity contribution in [3.8, 4) is 5.75 Å². The molecule has 1 N–H and O–H groups in total. The maximum Gasteiger partial charge on any atom is 0.328 e. The van der Waals surface area contributed by atoms with E-state index in [0.717, 1.165) is 23.0 Å². The van der Waals surface area contributed by atoms with Crippen molar-refractivity contribution in [3.05, 3.63) is 41.0 Å². The molecule has 0 aliphatic carbocycles. The molecule has 0 unspecified atom stereocenters. The van der Waals surface area contributed by atoms with Crippen molar-refractivity contribution in [3.63, 3.8) is 0 Å². The zero-order valence-electron chi connectivity index (χ0n) is 9.78. The molecular weight excluding hydrogens is 204 g/mol. The first kappa shape index (κ1) is 12.3. The normalized spacial score (nSPS) is 11.3. The topological polar surface area (TPSA) is 46.5 Å². The van der Waals surface area contributed by atoms with Crippen LogP contribution in [0.2, 0.25) is 0 Å². The van der Waals surface area contributed by atoms with Gasteiger partial charge in [-0.15, -0.1) is 0 Å². The van der Waals surface area contributed by atoms with Crippen molar-refractivity contribution in [2.75, 3.05) is 6.61 Å². The summed E-state index contributed by atoms with van der Waals surface area (Å²) in [5.41, 5.74) is 2.81. The maximum atomic E-state index is 10.4. The van der Waals surface area contributed by atoms with E-state index in [-0.39, 0.29) is 0 Å². The fourth-order valence-corrected chi connectivity index (χ4v) is 1.47. The average Bonchev–Trinajstić information content (AvgIpc) is 2.15. The summed E-state index contributed by atoms with van der Waals surface area (Å²) in [5, 5.41) is 8.56. The van der Waals surface area contributed by atoms with Crippen LogP contribution < -0.4 is 4.74 Å². The molecule has 0 aliphatic heterocycles. The lowest BCUT2D eigenvalue weighted by Gasteiger charge is -2.11. The predicted octanol–water partition coefficient (Wildman–Crippen LogP) is 2.71. The van der Waals surface area contributed by atoms with Gasteiger partial charge in [0.15, 0.2) is 0 Å². The highest BCUT2D eigenvalue weighted by Crippen LogP contribution is 2.22. The summed E-state index contributed by atoms with van der Waals surface area (Å²) in [6, 6.07) is 5.91. The standard InChI is InChI=1S/C13H16O3/c1-9(7-12(14)15)8-16-13-10(2)5-4-6-11(13)3/h4-7H,8H2,1-3H3,(H,14,15)/b9-7+. The van der Waals surface area contributed by atoms with Crippen LogP contribution in [-0.4, -0.2) is 17.7 Å². The molecule has 0 spiro atoms. The number of aryl methyl sites for hydroxylation is 2. The van der Waals surface area contributed by atoms with Gasteiger partial charge in [0.1, 0.15) is 12.4 Å². The Morgan fingerprint density at radius 1 is 1.38 bits per heavy atom. The minimum Gasteiger partial charge on any atom is -0.489 e. The van der Waals surface area contributed by atoms with Crippen LogP contribution in [0, 0.1) is 13.8 Å². The Balaban J connectivity index is 2.72. The summed E-state index contributed by atoms with van der Waals surface area (Å²) in [4.78, 5) is 10.4. The molecule has 0 heterocycles. The van der Waals surface area contributed by atoms with E-state index in [0.29, 0.717) is 12.2 Å². The molecule has 1 aromatic rings. The Morgan fingerprint density at radius 3 is 2.44 bits per heavy atom. The second-order valence-electron chi connectivity index (χ2n) is 3.84. The largest absolute Gasteiger partial charge is 0.489 e. The molecule has 16 heavy (non-hydrogen) atoms. The Morgan fingerprint density at radius 2 is 1.94 bits per heavy atom. The summed E-state index contributed by atoms with van der Waals surface area (Å²) in [5.74, 6) is -0.108. The quantitative estimate of drug-likeness (QED) is 0.793. The van der Waals surface area contributed by atoms with Gasteiger partial charge >= 0.3 is 5.97 Å². The number of rotatable bonds is 4. The molecule has 1 rings (SSSR count). The molecule has 3 heteroatoms. The van der Waals surface area contributed by atoms with Crippen LogP contribution in [0.25, 0.3) is 0 Å². The van der Waals surface area contributed by atoms with Gasteiger partial charge in [0, 0.05) is 6.08 Å². The fourth-order valence-electron chi connectivity index (χ4n) is 1.47. The molecule has 3 nitrogen and oxygen atoms in total. The Labute approximate surface area is 95.4 Å². The summed E-state index contributed by atoms with van der Waals surface area (Å²) in [6.07, 6.45) is 1.16. The van der Waals surface area contributed by atoms with Crippen molar-refractivity contribution in [1.29, 1.82) is 0 Å². The third-order valence-corrected chi connectivity index (χ3v) is 2.22. The number of aliphatic carboxylic acids is 1. The van der Waals surface area contributed by atoms with Gasteiger partial charge in [0.25, 0.3) is 0 Å².